The Kier molecular flexibility index (Phi) is 5.25. The highest BCUT2D eigenvalue weighted by Gasteiger charge is 2.18. The van der Waals surface area contributed by atoms with E-state index < -0.39 is 0 Å². The van der Waals surface area contributed by atoms with Crippen LogP contribution in [0.1, 0.15) is 17.0 Å². The second-order valence-corrected chi connectivity index (χ2v) is 7.80. The summed E-state index contributed by atoms with van der Waals surface area (Å²) in [6.07, 6.45) is 2.15. The molecule has 6 heteroatoms. The molecule has 2 aromatic heterocycles. The van der Waals surface area contributed by atoms with Gasteiger partial charge in [-0.1, -0.05) is 60.7 Å². The number of aromatic nitrogens is 3. The number of amides is 1. The van der Waals surface area contributed by atoms with Crippen LogP contribution in [0.2, 0.25) is 0 Å². The normalized spacial score (nSPS) is 11.1. The van der Waals surface area contributed by atoms with Crippen LogP contribution in [0.3, 0.4) is 0 Å². The lowest BCUT2D eigenvalue weighted by Crippen LogP contribution is -2.32. The third kappa shape index (κ3) is 4.03. The number of nitrogens with one attached hydrogen (secondary N) is 2. The first-order chi connectivity index (χ1) is 15.7. The van der Waals surface area contributed by atoms with Crippen LogP contribution in [0, 0.1) is 0 Å². The summed E-state index contributed by atoms with van der Waals surface area (Å²) >= 11 is 0. The maximum atomic E-state index is 13.4. The summed E-state index contributed by atoms with van der Waals surface area (Å²) in [7, 11) is 0. The summed E-state index contributed by atoms with van der Waals surface area (Å²) < 4.78 is 0. The van der Waals surface area contributed by atoms with Crippen molar-refractivity contribution in [3.8, 4) is 0 Å². The SMILES string of the molecule is O=C(Cc1c[nH]c2ccccc12)N(Cc1ccccc1)Cc1nc2ccccc2c(=O)[nH]1. The number of carbonyl (C=O) groups excluding carboxylic acids is 1. The van der Waals surface area contributed by atoms with Crippen LogP contribution < -0.4 is 5.56 Å². The Morgan fingerprint density at radius 2 is 1.56 bits per heavy atom. The van der Waals surface area contributed by atoms with Crippen LogP contribution in [0.5, 0.6) is 0 Å². The molecule has 0 aliphatic rings. The van der Waals surface area contributed by atoms with Gasteiger partial charge in [0.2, 0.25) is 5.91 Å². The Balaban J connectivity index is 1.46. The van der Waals surface area contributed by atoms with Crippen molar-refractivity contribution in [3.63, 3.8) is 0 Å². The molecule has 0 atom stereocenters. The van der Waals surface area contributed by atoms with Gasteiger partial charge in [0.05, 0.1) is 23.9 Å². The van der Waals surface area contributed by atoms with Crippen LogP contribution in [0.25, 0.3) is 21.8 Å². The first-order valence-electron chi connectivity index (χ1n) is 10.5. The predicted octanol–water partition coefficient (Wildman–Crippen LogP) is 4.18. The summed E-state index contributed by atoms with van der Waals surface area (Å²) in [5.41, 5.74) is 3.39. The number of benzene rings is 3. The van der Waals surface area contributed by atoms with Crippen molar-refractivity contribution in [1.82, 2.24) is 19.9 Å². The molecule has 0 radical (unpaired) electrons. The van der Waals surface area contributed by atoms with Gasteiger partial charge in [-0.2, -0.15) is 0 Å². The molecule has 5 rings (SSSR count). The molecule has 0 spiro atoms. The molecule has 0 saturated carbocycles. The van der Waals surface area contributed by atoms with E-state index in [9.17, 15) is 9.59 Å². The van der Waals surface area contributed by atoms with Gasteiger partial charge in [0.25, 0.3) is 5.56 Å². The van der Waals surface area contributed by atoms with Gasteiger partial charge in [0, 0.05) is 23.6 Å². The molecular weight excluding hydrogens is 400 g/mol. The predicted molar refractivity (Wildman–Crippen MR) is 125 cm³/mol. The molecular formula is C26H22N4O2. The zero-order valence-electron chi connectivity index (χ0n) is 17.4. The molecule has 5 aromatic rings. The molecule has 0 bridgehead atoms. The molecule has 0 aliphatic carbocycles. The first kappa shape index (κ1) is 19.8. The largest absolute Gasteiger partial charge is 0.361 e. The van der Waals surface area contributed by atoms with Crippen molar-refractivity contribution in [2.75, 3.05) is 0 Å². The fourth-order valence-electron chi connectivity index (χ4n) is 3.98. The quantitative estimate of drug-likeness (QED) is 0.431. The lowest BCUT2D eigenvalue weighted by atomic mass is 10.1. The van der Waals surface area contributed by atoms with Gasteiger partial charge in [0.15, 0.2) is 0 Å². The smallest absolute Gasteiger partial charge is 0.258 e. The Morgan fingerprint density at radius 3 is 2.41 bits per heavy atom. The molecule has 0 unspecified atom stereocenters. The molecule has 2 heterocycles. The topological polar surface area (TPSA) is 81.8 Å². The summed E-state index contributed by atoms with van der Waals surface area (Å²) in [6, 6.07) is 25.0. The summed E-state index contributed by atoms with van der Waals surface area (Å²) in [4.78, 5) is 38.3. The molecule has 0 fully saturated rings. The maximum Gasteiger partial charge on any atom is 0.258 e. The minimum Gasteiger partial charge on any atom is -0.361 e. The van der Waals surface area contributed by atoms with E-state index in [1.54, 1.807) is 11.0 Å². The van der Waals surface area contributed by atoms with Crippen molar-refractivity contribution in [2.24, 2.45) is 0 Å². The molecule has 3 aromatic carbocycles. The minimum atomic E-state index is -0.200. The van der Waals surface area contributed by atoms with Crippen molar-refractivity contribution < 1.29 is 4.79 Å². The summed E-state index contributed by atoms with van der Waals surface area (Å²) in [6.45, 7) is 0.648. The van der Waals surface area contributed by atoms with E-state index in [1.807, 2.05) is 79.0 Å². The molecule has 0 saturated heterocycles. The van der Waals surface area contributed by atoms with Gasteiger partial charge in [0.1, 0.15) is 5.82 Å². The van der Waals surface area contributed by atoms with Crippen molar-refractivity contribution >= 4 is 27.7 Å². The third-order valence-electron chi connectivity index (χ3n) is 5.59. The van der Waals surface area contributed by atoms with Gasteiger partial charge in [-0.05, 0) is 29.3 Å². The molecule has 2 N–H and O–H groups in total. The van der Waals surface area contributed by atoms with E-state index in [0.29, 0.717) is 23.3 Å². The van der Waals surface area contributed by atoms with Gasteiger partial charge < -0.3 is 14.9 Å². The van der Waals surface area contributed by atoms with E-state index in [-0.39, 0.29) is 24.4 Å². The zero-order chi connectivity index (χ0) is 21.9. The standard InChI is InChI=1S/C26H22N4O2/c31-25(14-19-15-27-22-12-6-4-10-20(19)22)30(16-18-8-2-1-3-9-18)17-24-28-23-13-7-5-11-21(23)26(32)29-24/h1-13,15,27H,14,16-17H2,(H,28,29,32). The number of carbonyl (C=O) groups is 1. The molecule has 1 amide bonds. The van der Waals surface area contributed by atoms with Crippen molar-refractivity contribution in [3.05, 3.63) is 112 Å². The monoisotopic (exact) mass is 422 g/mol. The second-order valence-electron chi connectivity index (χ2n) is 7.80. The van der Waals surface area contributed by atoms with Gasteiger partial charge >= 0.3 is 0 Å². The summed E-state index contributed by atoms with van der Waals surface area (Å²) in [5.74, 6) is 0.436. The van der Waals surface area contributed by atoms with Gasteiger partial charge in [-0.3, -0.25) is 9.59 Å². The average Bonchev–Trinajstić information content (AvgIpc) is 3.22. The van der Waals surface area contributed by atoms with Crippen LogP contribution in [-0.4, -0.2) is 25.8 Å². The number of aromatic amines is 2. The fourth-order valence-corrected chi connectivity index (χ4v) is 3.98. The highest BCUT2D eigenvalue weighted by molar-refractivity contribution is 5.89. The number of rotatable bonds is 6. The number of fused-ring (bicyclic) bond motifs is 2. The first-order valence-corrected chi connectivity index (χ1v) is 10.5. The Labute approximate surface area is 184 Å². The minimum absolute atomic E-state index is 0.0330. The Morgan fingerprint density at radius 1 is 0.844 bits per heavy atom. The molecule has 158 valence electrons. The van der Waals surface area contributed by atoms with E-state index in [1.165, 1.54) is 0 Å². The number of hydrogen-bond acceptors (Lipinski definition) is 3. The number of H-pyrrole nitrogens is 2. The molecule has 32 heavy (non-hydrogen) atoms. The number of para-hydroxylation sites is 2. The molecule has 0 aliphatic heterocycles. The van der Waals surface area contributed by atoms with Crippen LogP contribution in [-0.2, 0) is 24.3 Å². The molecule has 6 nitrogen and oxygen atoms in total. The Bertz CT molecular complexity index is 1450. The van der Waals surface area contributed by atoms with E-state index >= 15 is 0 Å². The third-order valence-corrected chi connectivity index (χ3v) is 5.59. The van der Waals surface area contributed by atoms with Crippen molar-refractivity contribution in [1.29, 1.82) is 0 Å². The highest BCUT2D eigenvalue weighted by atomic mass is 16.2. The maximum absolute atomic E-state index is 13.4. The van der Waals surface area contributed by atoms with Gasteiger partial charge in [-0.25, -0.2) is 4.98 Å². The highest BCUT2D eigenvalue weighted by Crippen LogP contribution is 2.20. The van der Waals surface area contributed by atoms with E-state index in [2.05, 4.69) is 15.0 Å². The van der Waals surface area contributed by atoms with Crippen LogP contribution in [0.4, 0.5) is 0 Å². The van der Waals surface area contributed by atoms with Crippen LogP contribution in [0.15, 0.2) is 89.9 Å². The van der Waals surface area contributed by atoms with Gasteiger partial charge in [-0.15, -0.1) is 0 Å². The average molecular weight is 422 g/mol. The second kappa shape index (κ2) is 8.51. The van der Waals surface area contributed by atoms with E-state index in [0.717, 1.165) is 22.0 Å². The fraction of sp³-hybridized carbons (Fsp3) is 0.115. The van der Waals surface area contributed by atoms with E-state index in [4.69, 9.17) is 0 Å². The lowest BCUT2D eigenvalue weighted by molar-refractivity contribution is -0.131. The van der Waals surface area contributed by atoms with Crippen molar-refractivity contribution in [2.45, 2.75) is 19.5 Å². The summed E-state index contributed by atoms with van der Waals surface area (Å²) in [5, 5.41) is 1.58. The lowest BCUT2D eigenvalue weighted by Gasteiger charge is -2.22. The Hall–Kier alpha value is -4.19. The zero-order valence-corrected chi connectivity index (χ0v) is 17.4. The van der Waals surface area contributed by atoms with Crippen LogP contribution >= 0.6 is 0 Å². The number of nitrogens with zero attached hydrogens (tertiary/aromatic N) is 2. The number of hydrogen-bond donors (Lipinski definition) is 2.